The molecular weight excluding hydrogens is 416 g/mol. The van der Waals surface area contributed by atoms with Crippen LogP contribution in [0.4, 0.5) is 11.6 Å². The summed E-state index contributed by atoms with van der Waals surface area (Å²) in [5.41, 5.74) is 2.49. The number of likely N-dealkylation sites (N-methyl/N-ethyl adjacent to an activating group) is 1. The second-order valence-electron chi connectivity index (χ2n) is 7.94. The molecular formula is C25H28N6O2. The van der Waals surface area contributed by atoms with Crippen molar-refractivity contribution in [2.45, 2.75) is 12.5 Å². The number of carbonyl (C=O) groups is 2. The van der Waals surface area contributed by atoms with Gasteiger partial charge in [-0.15, -0.1) is 0 Å². The van der Waals surface area contributed by atoms with Gasteiger partial charge in [0.2, 0.25) is 11.9 Å². The van der Waals surface area contributed by atoms with E-state index in [9.17, 15) is 9.59 Å². The van der Waals surface area contributed by atoms with Gasteiger partial charge < -0.3 is 15.5 Å². The lowest BCUT2D eigenvalue weighted by atomic mass is 10.1. The van der Waals surface area contributed by atoms with Crippen molar-refractivity contribution < 1.29 is 9.59 Å². The zero-order valence-electron chi connectivity index (χ0n) is 18.6. The molecule has 1 atom stereocenters. The Morgan fingerprint density at radius 3 is 2.55 bits per heavy atom. The van der Waals surface area contributed by atoms with Crippen LogP contribution in [0.3, 0.4) is 0 Å². The molecule has 1 aromatic heterocycles. The highest BCUT2D eigenvalue weighted by Crippen LogP contribution is 2.19. The standard InChI is InChI=1S/C25H28N6O2/c1-26-23(32)22-18-30(14-11-19-7-3-2-4-8-19)15-16-31(22)24(33)20-9-5-10-21(17-20)29-25-27-12-6-13-28-25/h2-10,12-13,17,22H,11,14-16,18H2,1H3,(H,26,32)(H,27,28,29)/t22-/m0/s1. The van der Waals surface area contributed by atoms with Gasteiger partial charge in [-0.25, -0.2) is 9.97 Å². The number of carbonyl (C=O) groups excluding carboxylic acids is 2. The highest BCUT2D eigenvalue weighted by molar-refractivity contribution is 5.98. The highest BCUT2D eigenvalue weighted by atomic mass is 16.2. The zero-order chi connectivity index (χ0) is 23.0. The first kappa shape index (κ1) is 22.4. The number of aromatic nitrogens is 2. The SMILES string of the molecule is CNC(=O)[C@@H]1CN(CCc2ccccc2)CCN1C(=O)c1cccc(Nc2ncccn2)c1. The third kappa shape index (κ3) is 5.72. The fourth-order valence-corrected chi connectivity index (χ4v) is 4.00. The Bertz CT molecular complexity index is 1080. The predicted molar refractivity (Wildman–Crippen MR) is 127 cm³/mol. The molecule has 3 aromatic rings. The number of amides is 2. The maximum atomic E-state index is 13.4. The molecule has 0 aliphatic carbocycles. The molecule has 0 radical (unpaired) electrons. The van der Waals surface area contributed by atoms with Gasteiger partial charge in [0.05, 0.1) is 0 Å². The van der Waals surface area contributed by atoms with Crippen molar-refractivity contribution in [3.63, 3.8) is 0 Å². The van der Waals surface area contributed by atoms with Gasteiger partial charge in [-0.2, -0.15) is 0 Å². The van der Waals surface area contributed by atoms with Gasteiger partial charge in [0, 0.05) is 56.9 Å². The zero-order valence-corrected chi connectivity index (χ0v) is 18.6. The van der Waals surface area contributed by atoms with Crippen LogP contribution in [0.2, 0.25) is 0 Å². The number of benzene rings is 2. The lowest BCUT2D eigenvalue weighted by Crippen LogP contribution is -2.60. The molecule has 1 saturated heterocycles. The normalized spacial score (nSPS) is 16.3. The van der Waals surface area contributed by atoms with Crippen LogP contribution < -0.4 is 10.6 Å². The number of rotatable bonds is 7. The molecule has 0 bridgehead atoms. The molecule has 0 spiro atoms. The number of anilines is 2. The highest BCUT2D eigenvalue weighted by Gasteiger charge is 2.35. The maximum absolute atomic E-state index is 13.4. The maximum Gasteiger partial charge on any atom is 0.254 e. The van der Waals surface area contributed by atoms with Crippen LogP contribution in [0.15, 0.2) is 73.1 Å². The molecule has 1 fully saturated rings. The Balaban J connectivity index is 1.45. The minimum atomic E-state index is -0.541. The van der Waals surface area contributed by atoms with Gasteiger partial charge in [-0.3, -0.25) is 14.5 Å². The van der Waals surface area contributed by atoms with Crippen LogP contribution in [0.5, 0.6) is 0 Å². The molecule has 8 heteroatoms. The number of hydrogen-bond donors (Lipinski definition) is 2. The Morgan fingerprint density at radius 2 is 1.79 bits per heavy atom. The number of nitrogens with one attached hydrogen (secondary N) is 2. The van der Waals surface area contributed by atoms with Crippen LogP contribution >= 0.6 is 0 Å². The largest absolute Gasteiger partial charge is 0.357 e. The monoisotopic (exact) mass is 444 g/mol. The molecule has 8 nitrogen and oxygen atoms in total. The molecule has 2 heterocycles. The Labute approximate surface area is 193 Å². The molecule has 33 heavy (non-hydrogen) atoms. The summed E-state index contributed by atoms with van der Waals surface area (Å²) < 4.78 is 0. The van der Waals surface area contributed by atoms with E-state index in [2.05, 4.69) is 37.6 Å². The van der Waals surface area contributed by atoms with Crippen molar-refractivity contribution in [1.82, 2.24) is 25.1 Å². The van der Waals surface area contributed by atoms with E-state index in [1.54, 1.807) is 42.5 Å². The first-order chi connectivity index (χ1) is 16.1. The van der Waals surface area contributed by atoms with Crippen molar-refractivity contribution in [2.75, 3.05) is 38.5 Å². The molecule has 2 aromatic carbocycles. The second kappa shape index (κ2) is 10.7. The van der Waals surface area contributed by atoms with E-state index in [0.717, 1.165) is 19.5 Å². The van der Waals surface area contributed by atoms with E-state index < -0.39 is 6.04 Å². The average Bonchev–Trinajstić information content (AvgIpc) is 2.88. The lowest BCUT2D eigenvalue weighted by molar-refractivity contribution is -0.127. The summed E-state index contributed by atoms with van der Waals surface area (Å²) in [5, 5.41) is 5.83. The van der Waals surface area contributed by atoms with Crippen molar-refractivity contribution >= 4 is 23.5 Å². The fourth-order valence-electron chi connectivity index (χ4n) is 4.00. The fraction of sp³-hybridized carbons (Fsp3) is 0.280. The van der Waals surface area contributed by atoms with E-state index in [-0.39, 0.29) is 11.8 Å². The summed E-state index contributed by atoms with van der Waals surface area (Å²) >= 11 is 0. The van der Waals surface area contributed by atoms with Gasteiger partial charge in [0.15, 0.2) is 0 Å². The van der Waals surface area contributed by atoms with E-state index in [4.69, 9.17) is 0 Å². The second-order valence-corrected chi connectivity index (χ2v) is 7.94. The summed E-state index contributed by atoms with van der Waals surface area (Å²) in [5.74, 6) is 0.140. The van der Waals surface area contributed by atoms with Gasteiger partial charge in [0.1, 0.15) is 6.04 Å². The van der Waals surface area contributed by atoms with E-state index in [1.807, 2.05) is 30.3 Å². The minimum absolute atomic E-state index is 0.153. The molecule has 2 N–H and O–H groups in total. The summed E-state index contributed by atoms with van der Waals surface area (Å²) in [7, 11) is 1.61. The molecule has 0 unspecified atom stereocenters. The van der Waals surface area contributed by atoms with E-state index in [0.29, 0.717) is 30.3 Å². The van der Waals surface area contributed by atoms with Crippen LogP contribution in [0, 0.1) is 0 Å². The van der Waals surface area contributed by atoms with Gasteiger partial charge >= 0.3 is 0 Å². The van der Waals surface area contributed by atoms with E-state index >= 15 is 0 Å². The van der Waals surface area contributed by atoms with Gasteiger partial charge in [-0.1, -0.05) is 36.4 Å². The quantitative estimate of drug-likeness (QED) is 0.581. The van der Waals surface area contributed by atoms with Crippen molar-refractivity contribution in [2.24, 2.45) is 0 Å². The number of hydrogen-bond acceptors (Lipinski definition) is 6. The predicted octanol–water partition coefficient (Wildman–Crippen LogP) is 2.34. The molecule has 1 aliphatic rings. The van der Waals surface area contributed by atoms with Crippen LogP contribution in [-0.2, 0) is 11.2 Å². The van der Waals surface area contributed by atoms with Crippen LogP contribution in [0.1, 0.15) is 15.9 Å². The van der Waals surface area contributed by atoms with Gasteiger partial charge in [0.25, 0.3) is 5.91 Å². The van der Waals surface area contributed by atoms with Crippen molar-refractivity contribution in [1.29, 1.82) is 0 Å². The molecule has 1 aliphatic heterocycles. The lowest BCUT2D eigenvalue weighted by Gasteiger charge is -2.40. The Morgan fingerprint density at radius 1 is 1.00 bits per heavy atom. The Hall–Kier alpha value is -3.78. The molecule has 0 saturated carbocycles. The van der Waals surface area contributed by atoms with E-state index in [1.165, 1.54) is 5.56 Å². The van der Waals surface area contributed by atoms with Crippen molar-refractivity contribution in [3.05, 3.63) is 84.2 Å². The molecule has 2 amide bonds. The summed E-state index contributed by atoms with van der Waals surface area (Å²) in [6.07, 6.45) is 4.20. The first-order valence-corrected chi connectivity index (χ1v) is 11.1. The Kier molecular flexibility index (Phi) is 7.26. The summed E-state index contributed by atoms with van der Waals surface area (Å²) in [4.78, 5) is 38.3. The smallest absolute Gasteiger partial charge is 0.254 e. The number of nitrogens with zero attached hydrogens (tertiary/aromatic N) is 4. The van der Waals surface area contributed by atoms with Crippen LogP contribution in [0.25, 0.3) is 0 Å². The first-order valence-electron chi connectivity index (χ1n) is 11.1. The summed E-state index contributed by atoms with van der Waals surface area (Å²) in [6, 6.07) is 18.7. The minimum Gasteiger partial charge on any atom is -0.357 e. The van der Waals surface area contributed by atoms with Gasteiger partial charge in [-0.05, 0) is 36.2 Å². The topological polar surface area (TPSA) is 90.5 Å². The third-order valence-corrected chi connectivity index (χ3v) is 5.77. The van der Waals surface area contributed by atoms with Crippen molar-refractivity contribution in [3.8, 4) is 0 Å². The number of piperazine rings is 1. The van der Waals surface area contributed by atoms with Crippen LogP contribution in [-0.4, -0.2) is 70.9 Å². The molecule has 170 valence electrons. The third-order valence-electron chi connectivity index (χ3n) is 5.77. The average molecular weight is 445 g/mol. The summed E-state index contributed by atoms with van der Waals surface area (Å²) in [6.45, 7) is 2.57. The molecule has 4 rings (SSSR count).